The van der Waals surface area contributed by atoms with Gasteiger partial charge in [-0.1, -0.05) is 18.2 Å². The van der Waals surface area contributed by atoms with Crippen LogP contribution in [0.1, 0.15) is 20.7 Å². The van der Waals surface area contributed by atoms with E-state index in [0.717, 1.165) is 0 Å². The maximum Gasteiger partial charge on any atom is 0.349 e. The van der Waals surface area contributed by atoms with Gasteiger partial charge in [-0.3, -0.25) is 9.59 Å². The minimum Gasteiger partial charge on any atom is -0.497 e. The summed E-state index contributed by atoms with van der Waals surface area (Å²) in [5.74, 6) is 0.124. The Morgan fingerprint density at radius 2 is 1.55 bits per heavy atom. The molecule has 148 valence electrons. The van der Waals surface area contributed by atoms with Gasteiger partial charge in [0.1, 0.15) is 16.9 Å². The zero-order valence-corrected chi connectivity index (χ0v) is 16.0. The average molecular weight is 392 g/mol. The van der Waals surface area contributed by atoms with Crippen LogP contribution in [0.2, 0.25) is 0 Å². The standard InChI is InChI=1S/C22H20N2O5/c1-28-17-8-7-16-13-18(22(27)29-19(16)14-17)21(26)24-11-9-23(10-12-24)20(25)15-5-3-2-4-6-15/h2-8,13-14H,9-12H2,1H3. The van der Waals surface area contributed by atoms with Crippen LogP contribution in [0.3, 0.4) is 0 Å². The molecule has 1 fully saturated rings. The van der Waals surface area contributed by atoms with Crippen molar-refractivity contribution in [3.63, 3.8) is 0 Å². The van der Waals surface area contributed by atoms with Gasteiger partial charge >= 0.3 is 5.63 Å². The molecule has 1 aliphatic rings. The van der Waals surface area contributed by atoms with Crippen LogP contribution in [0.4, 0.5) is 0 Å². The van der Waals surface area contributed by atoms with E-state index >= 15 is 0 Å². The third-order valence-corrected chi connectivity index (χ3v) is 5.05. The molecule has 0 spiro atoms. The molecule has 0 unspecified atom stereocenters. The molecule has 0 N–H and O–H groups in total. The predicted molar refractivity (Wildman–Crippen MR) is 107 cm³/mol. The van der Waals surface area contributed by atoms with Crippen LogP contribution in [0.15, 0.2) is 63.8 Å². The molecule has 0 saturated carbocycles. The Balaban J connectivity index is 1.49. The fourth-order valence-electron chi connectivity index (χ4n) is 3.41. The molecule has 3 aromatic rings. The Morgan fingerprint density at radius 1 is 0.897 bits per heavy atom. The molecule has 1 saturated heterocycles. The predicted octanol–water partition coefficient (Wildman–Crippen LogP) is 2.40. The number of nitrogens with zero attached hydrogens (tertiary/aromatic N) is 2. The second-order valence-electron chi connectivity index (χ2n) is 6.80. The van der Waals surface area contributed by atoms with Crippen molar-refractivity contribution in [3.8, 4) is 5.75 Å². The molecule has 0 bridgehead atoms. The molecule has 7 nitrogen and oxygen atoms in total. The van der Waals surface area contributed by atoms with E-state index in [0.29, 0.717) is 48.5 Å². The highest BCUT2D eigenvalue weighted by atomic mass is 16.5. The second-order valence-corrected chi connectivity index (χ2v) is 6.80. The highest BCUT2D eigenvalue weighted by Crippen LogP contribution is 2.21. The summed E-state index contributed by atoms with van der Waals surface area (Å²) in [6, 6.07) is 15.7. The highest BCUT2D eigenvalue weighted by molar-refractivity contribution is 5.97. The van der Waals surface area contributed by atoms with E-state index in [1.807, 2.05) is 18.2 Å². The molecule has 2 amide bonds. The lowest BCUT2D eigenvalue weighted by molar-refractivity contribution is 0.0533. The number of piperazine rings is 1. The Hall–Kier alpha value is -3.61. The molecule has 0 radical (unpaired) electrons. The first-order chi connectivity index (χ1) is 14.1. The molecule has 2 aromatic carbocycles. The zero-order valence-electron chi connectivity index (χ0n) is 16.0. The van der Waals surface area contributed by atoms with E-state index in [4.69, 9.17) is 9.15 Å². The number of carbonyl (C=O) groups is 2. The van der Waals surface area contributed by atoms with E-state index in [-0.39, 0.29) is 17.4 Å². The van der Waals surface area contributed by atoms with Gasteiger partial charge in [0, 0.05) is 43.2 Å². The molecule has 0 aliphatic carbocycles. The summed E-state index contributed by atoms with van der Waals surface area (Å²) in [5.41, 5.74) is 0.297. The first kappa shape index (κ1) is 18.7. The molecule has 29 heavy (non-hydrogen) atoms. The molecule has 1 aromatic heterocycles. The quantitative estimate of drug-likeness (QED) is 0.640. The minimum absolute atomic E-state index is 0.00879. The second kappa shape index (κ2) is 7.79. The zero-order chi connectivity index (χ0) is 20.4. The van der Waals surface area contributed by atoms with Crippen molar-refractivity contribution in [2.45, 2.75) is 0 Å². The number of ether oxygens (including phenoxy) is 1. The number of rotatable bonds is 3. The number of methoxy groups -OCH3 is 1. The molecule has 7 heteroatoms. The van der Waals surface area contributed by atoms with Crippen molar-refractivity contribution in [2.24, 2.45) is 0 Å². The van der Waals surface area contributed by atoms with Gasteiger partial charge in [0.15, 0.2) is 0 Å². The van der Waals surface area contributed by atoms with Crippen molar-refractivity contribution in [2.75, 3.05) is 33.3 Å². The molecule has 1 aliphatic heterocycles. The van der Waals surface area contributed by atoms with E-state index in [9.17, 15) is 14.4 Å². The maximum atomic E-state index is 12.9. The Morgan fingerprint density at radius 3 is 2.21 bits per heavy atom. The number of fused-ring (bicyclic) bond motifs is 1. The lowest BCUT2D eigenvalue weighted by Gasteiger charge is -2.34. The minimum atomic E-state index is -0.682. The van der Waals surface area contributed by atoms with Gasteiger partial charge in [-0.25, -0.2) is 4.79 Å². The summed E-state index contributed by atoms with van der Waals surface area (Å²) >= 11 is 0. The Kier molecular flexibility index (Phi) is 5.03. The van der Waals surface area contributed by atoms with E-state index < -0.39 is 5.63 Å². The van der Waals surface area contributed by atoms with Gasteiger partial charge in [0.25, 0.3) is 11.8 Å². The van der Waals surface area contributed by atoms with E-state index in [1.165, 1.54) is 7.11 Å². The van der Waals surface area contributed by atoms with Gasteiger partial charge in [0.2, 0.25) is 0 Å². The first-order valence-corrected chi connectivity index (χ1v) is 9.32. The van der Waals surface area contributed by atoms with Crippen molar-refractivity contribution in [3.05, 3.63) is 76.1 Å². The van der Waals surface area contributed by atoms with Crippen molar-refractivity contribution in [1.82, 2.24) is 9.80 Å². The maximum absolute atomic E-state index is 12.9. The Labute approximate surface area is 167 Å². The summed E-state index contributed by atoms with van der Waals surface area (Å²) in [7, 11) is 1.53. The lowest BCUT2D eigenvalue weighted by atomic mass is 10.1. The van der Waals surface area contributed by atoms with Crippen LogP contribution in [0, 0.1) is 0 Å². The summed E-state index contributed by atoms with van der Waals surface area (Å²) in [4.78, 5) is 41.1. The largest absolute Gasteiger partial charge is 0.497 e. The van der Waals surface area contributed by atoms with Gasteiger partial charge < -0.3 is 19.0 Å². The van der Waals surface area contributed by atoms with Gasteiger partial charge in [-0.15, -0.1) is 0 Å². The van der Waals surface area contributed by atoms with Crippen LogP contribution in [0.25, 0.3) is 11.0 Å². The van der Waals surface area contributed by atoms with Crippen LogP contribution in [0.5, 0.6) is 5.75 Å². The number of hydrogen-bond acceptors (Lipinski definition) is 5. The third kappa shape index (κ3) is 3.71. The number of amides is 2. The monoisotopic (exact) mass is 392 g/mol. The third-order valence-electron chi connectivity index (χ3n) is 5.05. The molecule has 4 rings (SSSR count). The molecular weight excluding hydrogens is 372 g/mol. The fourth-order valence-corrected chi connectivity index (χ4v) is 3.41. The van der Waals surface area contributed by atoms with Gasteiger partial charge in [-0.05, 0) is 30.3 Å². The normalized spacial score (nSPS) is 14.1. The molecular formula is C22H20N2O5. The average Bonchev–Trinajstić information content (AvgIpc) is 2.78. The number of carbonyl (C=O) groups excluding carboxylic acids is 2. The summed E-state index contributed by atoms with van der Waals surface area (Å²) < 4.78 is 10.4. The number of hydrogen-bond donors (Lipinski definition) is 0. The van der Waals surface area contributed by atoms with Crippen molar-refractivity contribution < 1.29 is 18.7 Å². The highest BCUT2D eigenvalue weighted by Gasteiger charge is 2.27. The summed E-state index contributed by atoms with van der Waals surface area (Å²) in [6.45, 7) is 1.54. The van der Waals surface area contributed by atoms with Crippen molar-refractivity contribution >= 4 is 22.8 Å². The van der Waals surface area contributed by atoms with Gasteiger partial charge in [-0.2, -0.15) is 0 Å². The SMILES string of the molecule is COc1ccc2cc(C(=O)N3CCN(C(=O)c4ccccc4)CC3)c(=O)oc2c1. The summed E-state index contributed by atoms with van der Waals surface area (Å²) in [6.07, 6.45) is 0. The summed E-state index contributed by atoms with van der Waals surface area (Å²) in [5, 5.41) is 0.645. The van der Waals surface area contributed by atoms with E-state index in [1.54, 1.807) is 46.2 Å². The smallest absolute Gasteiger partial charge is 0.349 e. The van der Waals surface area contributed by atoms with Crippen molar-refractivity contribution in [1.29, 1.82) is 0 Å². The van der Waals surface area contributed by atoms with Crippen LogP contribution in [-0.4, -0.2) is 54.9 Å². The van der Waals surface area contributed by atoms with Crippen LogP contribution >= 0.6 is 0 Å². The first-order valence-electron chi connectivity index (χ1n) is 9.32. The van der Waals surface area contributed by atoms with E-state index in [2.05, 4.69) is 0 Å². The number of benzene rings is 2. The molecule has 0 atom stereocenters. The van der Waals surface area contributed by atoms with Crippen LogP contribution in [-0.2, 0) is 0 Å². The Bertz CT molecular complexity index is 1120. The molecule has 2 heterocycles. The fraction of sp³-hybridized carbons (Fsp3) is 0.227. The van der Waals surface area contributed by atoms with Gasteiger partial charge in [0.05, 0.1) is 7.11 Å². The topological polar surface area (TPSA) is 80.1 Å². The lowest BCUT2D eigenvalue weighted by Crippen LogP contribution is -2.51. The van der Waals surface area contributed by atoms with Crippen LogP contribution < -0.4 is 10.4 Å².